The molecule has 0 saturated carbocycles. The van der Waals surface area contributed by atoms with Gasteiger partial charge < -0.3 is 15.0 Å². The second-order valence-corrected chi connectivity index (χ2v) is 7.66. The lowest BCUT2D eigenvalue weighted by Crippen LogP contribution is -2.62. The minimum atomic E-state index is 0.398. The maximum atomic E-state index is 5.66. The highest BCUT2D eigenvalue weighted by Gasteiger charge is 2.42. The van der Waals surface area contributed by atoms with E-state index in [9.17, 15) is 0 Å². The van der Waals surface area contributed by atoms with Gasteiger partial charge in [0.2, 0.25) is 0 Å². The standard InChI is InChI=1S/C17H31N5O/c1-2-18-16(22-5-3-17(13-22)4-10-23-14-17)19-11-15-12-20-6-8-21(15)9-7-20/h15H,2-14H2,1H3,(H,18,19). The summed E-state index contributed by atoms with van der Waals surface area (Å²) in [5.41, 5.74) is 0.398. The van der Waals surface area contributed by atoms with Crippen molar-refractivity contribution in [2.24, 2.45) is 10.4 Å². The Labute approximate surface area is 139 Å². The molecule has 6 nitrogen and oxygen atoms in total. The van der Waals surface area contributed by atoms with Crippen LogP contribution in [0.3, 0.4) is 0 Å². The van der Waals surface area contributed by atoms with Crippen LogP contribution < -0.4 is 5.32 Å². The Balaban J connectivity index is 1.39. The Kier molecular flexibility index (Phi) is 4.48. The van der Waals surface area contributed by atoms with Crippen molar-refractivity contribution in [3.63, 3.8) is 0 Å². The Morgan fingerprint density at radius 3 is 2.74 bits per heavy atom. The van der Waals surface area contributed by atoms with E-state index in [1.807, 2.05) is 0 Å². The third-order valence-corrected chi connectivity index (χ3v) is 6.10. The first-order valence-electron chi connectivity index (χ1n) is 9.35. The van der Waals surface area contributed by atoms with Gasteiger partial charge in [-0.05, 0) is 19.8 Å². The molecule has 0 amide bonds. The fraction of sp³-hybridized carbons (Fsp3) is 0.941. The Morgan fingerprint density at radius 1 is 1.22 bits per heavy atom. The van der Waals surface area contributed by atoms with Gasteiger partial charge in [-0.2, -0.15) is 0 Å². The van der Waals surface area contributed by atoms with Crippen molar-refractivity contribution in [3.05, 3.63) is 0 Å². The summed E-state index contributed by atoms with van der Waals surface area (Å²) in [7, 11) is 0. The van der Waals surface area contributed by atoms with E-state index in [1.165, 1.54) is 45.6 Å². The number of piperazine rings is 3. The van der Waals surface area contributed by atoms with Gasteiger partial charge in [-0.25, -0.2) is 0 Å². The van der Waals surface area contributed by atoms with Crippen LogP contribution in [-0.2, 0) is 4.74 Å². The van der Waals surface area contributed by atoms with E-state index >= 15 is 0 Å². The van der Waals surface area contributed by atoms with E-state index < -0.39 is 0 Å². The van der Waals surface area contributed by atoms with Crippen molar-refractivity contribution in [2.45, 2.75) is 25.8 Å². The Hall–Kier alpha value is -0.850. The SMILES string of the molecule is CCNC(=NCC1CN2CCN1CC2)N1CCC2(CCOC2)C1. The van der Waals surface area contributed by atoms with Gasteiger partial charge in [0, 0.05) is 70.4 Å². The Bertz CT molecular complexity index is 440. The summed E-state index contributed by atoms with van der Waals surface area (Å²) in [6.07, 6.45) is 2.47. The predicted octanol–water partition coefficient (Wildman–Crippen LogP) is 0.0641. The molecule has 130 valence electrons. The van der Waals surface area contributed by atoms with Gasteiger partial charge in [-0.15, -0.1) is 0 Å². The minimum Gasteiger partial charge on any atom is -0.381 e. The van der Waals surface area contributed by atoms with Crippen LogP contribution in [0.15, 0.2) is 4.99 Å². The molecule has 23 heavy (non-hydrogen) atoms. The molecule has 0 aromatic heterocycles. The van der Waals surface area contributed by atoms with Gasteiger partial charge in [0.15, 0.2) is 5.96 Å². The van der Waals surface area contributed by atoms with Gasteiger partial charge in [0.1, 0.15) is 0 Å². The van der Waals surface area contributed by atoms with Crippen molar-refractivity contribution in [1.29, 1.82) is 0 Å². The van der Waals surface area contributed by atoms with Gasteiger partial charge >= 0.3 is 0 Å². The number of ether oxygens (including phenoxy) is 1. The first-order chi connectivity index (χ1) is 11.3. The average molecular weight is 321 g/mol. The smallest absolute Gasteiger partial charge is 0.193 e. The molecule has 2 bridgehead atoms. The van der Waals surface area contributed by atoms with Crippen molar-refractivity contribution in [1.82, 2.24) is 20.0 Å². The molecule has 5 heterocycles. The minimum absolute atomic E-state index is 0.398. The molecule has 5 fully saturated rings. The number of aliphatic imine (C=N–C) groups is 1. The number of likely N-dealkylation sites (tertiary alicyclic amines) is 1. The lowest BCUT2D eigenvalue weighted by atomic mass is 9.87. The van der Waals surface area contributed by atoms with Gasteiger partial charge in [-0.1, -0.05) is 0 Å². The summed E-state index contributed by atoms with van der Waals surface area (Å²) in [5.74, 6) is 1.12. The predicted molar refractivity (Wildman–Crippen MR) is 91.8 cm³/mol. The zero-order chi connectivity index (χ0) is 15.7. The molecular formula is C17H31N5O. The molecule has 0 aromatic rings. The molecule has 5 aliphatic heterocycles. The van der Waals surface area contributed by atoms with Gasteiger partial charge in [0.25, 0.3) is 0 Å². The number of nitrogens with zero attached hydrogens (tertiary/aromatic N) is 4. The van der Waals surface area contributed by atoms with Gasteiger partial charge in [0.05, 0.1) is 13.2 Å². The van der Waals surface area contributed by atoms with E-state index in [1.54, 1.807) is 0 Å². The summed E-state index contributed by atoms with van der Waals surface area (Å²) >= 11 is 0. The number of fused-ring (bicyclic) bond motifs is 3. The molecule has 6 heteroatoms. The summed E-state index contributed by atoms with van der Waals surface area (Å²) in [6, 6.07) is 0.609. The molecule has 2 atom stereocenters. The van der Waals surface area contributed by atoms with Crippen LogP contribution in [0.1, 0.15) is 19.8 Å². The second-order valence-electron chi connectivity index (χ2n) is 7.66. The fourth-order valence-corrected chi connectivity index (χ4v) is 4.60. The molecule has 2 unspecified atom stereocenters. The van der Waals surface area contributed by atoms with Crippen molar-refractivity contribution in [2.75, 3.05) is 72.1 Å². The first kappa shape index (κ1) is 15.7. The third kappa shape index (κ3) is 3.21. The number of hydrogen-bond acceptors (Lipinski definition) is 4. The monoisotopic (exact) mass is 321 g/mol. The second kappa shape index (κ2) is 6.57. The van der Waals surface area contributed by atoms with E-state index in [-0.39, 0.29) is 0 Å². The highest BCUT2D eigenvalue weighted by Crippen LogP contribution is 2.38. The van der Waals surface area contributed by atoms with Crippen LogP contribution in [0.25, 0.3) is 0 Å². The molecule has 0 aliphatic carbocycles. The maximum Gasteiger partial charge on any atom is 0.193 e. The lowest BCUT2D eigenvalue weighted by Gasteiger charge is -2.47. The van der Waals surface area contributed by atoms with E-state index in [2.05, 4.69) is 26.9 Å². The van der Waals surface area contributed by atoms with Crippen LogP contribution in [0, 0.1) is 5.41 Å². The summed E-state index contributed by atoms with van der Waals surface area (Å²) < 4.78 is 5.66. The Morgan fingerprint density at radius 2 is 2.09 bits per heavy atom. The molecule has 1 spiro atoms. The zero-order valence-corrected chi connectivity index (χ0v) is 14.5. The number of nitrogens with one attached hydrogen (secondary N) is 1. The molecule has 5 aliphatic rings. The molecule has 0 aromatic carbocycles. The first-order valence-corrected chi connectivity index (χ1v) is 9.35. The van der Waals surface area contributed by atoms with Crippen LogP contribution in [0.4, 0.5) is 0 Å². The fourth-order valence-electron chi connectivity index (χ4n) is 4.60. The van der Waals surface area contributed by atoms with Crippen LogP contribution in [-0.4, -0.2) is 98.8 Å². The maximum absolute atomic E-state index is 5.66. The van der Waals surface area contributed by atoms with Crippen LogP contribution in [0.5, 0.6) is 0 Å². The highest BCUT2D eigenvalue weighted by molar-refractivity contribution is 5.80. The average Bonchev–Trinajstić information content (AvgIpc) is 3.23. The van der Waals surface area contributed by atoms with E-state index in [0.717, 1.165) is 45.4 Å². The largest absolute Gasteiger partial charge is 0.381 e. The van der Waals surface area contributed by atoms with Crippen molar-refractivity contribution in [3.8, 4) is 0 Å². The normalized spacial score (nSPS) is 40.3. The van der Waals surface area contributed by atoms with Crippen molar-refractivity contribution < 1.29 is 4.74 Å². The van der Waals surface area contributed by atoms with Crippen LogP contribution in [0.2, 0.25) is 0 Å². The number of guanidine groups is 1. The summed E-state index contributed by atoms with van der Waals surface area (Å²) in [4.78, 5) is 12.7. The summed E-state index contributed by atoms with van der Waals surface area (Å²) in [5, 5.41) is 3.52. The molecule has 1 N–H and O–H groups in total. The highest BCUT2D eigenvalue weighted by atomic mass is 16.5. The third-order valence-electron chi connectivity index (χ3n) is 6.10. The molecule has 5 rings (SSSR count). The van der Waals surface area contributed by atoms with Crippen LogP contribution >= 0.6 is 0 Å². The number of rotatable bonds is 3. The molecule has 0 radical (unpaired) electrons. The van der Waals surface area contributed by atoms with E-state index in [0.29, 0.717) is 11.5 Å². The van der Waals surface area contributed by atoms with Crippen molar-refractivity contribution >= 4 is 5.96 Å². The molecule has 5 saturated heterocycles. The molecular weight excluding hydrogens is 290 g/mol. The topological polar surface area (TPSA) is 43.3 Å². The zero-order valence-electron chi connectivity index (χ0n) is 14.5. The van der Waals surface area contributed by atoms with Gasteiger partial charge in [-0.3, -0.25) is 14.8 Å². The lowest BCUT2D eigenvalue weighted by molar-refractivity contribution is 0.0173. The quantitative estimate of drug-likeness (QED) is 0.588. The number of hydrogen-bond donors (Lipinski definition) is 1. The summed E-state index contributed by atoms with van der Waals surface area (Å²) in [6.45, 7) is 14.3. The van der Waals surface area contributed by atoms with E-state index in [4.69, 9.17) is 9.73 Å².